The zero-order valence-corrected chi connectivity index (χ0v) is 17.9. The third-order valence-electron chi connectivity index (χ3n) is 4.64. The topological polar surface area (TPSA) is 88.6 Å². The lowest BCUT2D eigenvalue weighted by Crippen LogP contribution is -2.47. The van der Waals surface area contributed by atoms with Crippen LogP contribution in [0.25, 0.3) is 5.70 Å². The zero-order chi connectivity index (χ0) is 21.1. The summed E-state index contributed by atoms with van der Waals surface area (Å²) in [5.41, 5.74) is 7.68. The first-order valence-corrected chi connectivity index (χ1v) is 9.86. The van der Waals surface area contributed by atoms with Gasteiger partial charge in [-0.2, -0.15) is 4.98 Å². The Kier molecular flexibility index (Phi) is 6.69. The number of halogens is 2. The van der Waals surface area contributed by atoms with Gasteiger partial charge in [0, 0.05) is 20.7 Å². The van der Waals surface area contributed by atoms with Gasteiger partial charge in [0.1, 0.15) is 12.4 Å². The van der Waals surface area contributed by atoms with Crippen LogP contribution < -0.4 is 16.0 Å². The van der Waals surface area contributed by atoms with E-state index in [1.165, 1.54) is 12.0 Å². The summed E-state index contributed by atoms with van der Waals surface area (Å²) in [5, 5.41) is 4.14. The number of ether oxygens (including phenoxy) is 1. The summed E-state index contributed by atoms with van der Waals surface area (Å²) in [6.45, 7) is 5.77. The first-order chi connectivity index (χ1) is 13.9. The molecular formula is C19H24Cl2N6O2. The summed E-state index contributed by atoms with van der Waals surface area (Å²) in [5.74, 6) is 1.14. The van der Waals surface area contributed by atoms with Gasteiger partial charge in [-0.05, 0) is 30.7 Å². The van der Waals surface area contributed by atoms with Crippen molar-refractivity contribution >= 4 is 46.7 Å². The van der Waals surface area contributed by atoms with E-state index in [0.717, 1.165) is 17.7 Å². The van der Waals surface area contributed by atoms with E-state index in [0.29, 0.717) is 40.6 Å². The maximum Gasteiger partial charge on any atom is 0.332 e. The molecule has 1 aromatic heterocycles. The van der Waals surface area contributed by atoms with Crippen molar-refractivity contribution in [1.82, 2.24) is 14.5 Å². The number of carbonyl (C=O) groups excluding carboxylic acids is 1. The quantitative estimate of drug-likeness (QED) is 0.615. The number of amides is 2. The molecule has 2 heterocycles. The zero-order valence-electron chi connectivity index (χ0n) is 16.4. The van der Waals surface area contributed by atoms with Gasteiger partial charge in [-0.3, -0.25) is 9.80 Å². The summed E-state index contributed by atoms with van der Waals surface area (Å²) >= 11 is 12.1. The molecule has 0 saturated heterocycles. The maximum atomic E-state index is 13.2. The van der Waals surface area contributed by atoms with Crippen molar-refractivity contribution in [2.45, 2.75) is 13.0 Å². The van der Waals surface area contributed by atoms with E-state index in [9.17, 15) is 4.79 Å². The van der Waals surface area contributed by atoms with Crippen LogP contribution in [0.4, 0.5) is 16.6 Å². The number of urea groups is 1. The number of nitrogens with two attached hydrogens (primary N) is 1. The van der Waals surface area contributed by atoms with Crippen LogP contribution in [0.5, 0.6) is 0 Å². The lowest BCUT2D eigenvalue weighted by Gasteiger charge is -2.35. The highest BCUT2D eigenvalue weighted by Gasteiger charge is 2.37. The number of imidazole rings is 1. The highest BCUT2D eigenvalue weighted by atomic mass is 35.5. The summed E-state index contributed by atoms with van der Waals surface area (Å²) in [6.07, 6.45) is 0.808. The Bertz CT molecular complexity index is 930. The van der Waals surface area contributed by atoms with E-state index in [1.807, 2.05) is 17.7 Å². The van der Waals surface area contributed by atoms with E-state index in [1.54, 1.807) is 17.0 Å². The highest BCUT2D eigenvalue weighted by Crippen LogP contribution is 2.37. The summed E-state index contributed by atoms with van der Waals surface area (Å²) in [7, 11) is 3.41. The third kappa shape index (κ3) is 4.20. The number of benzene rings is 1. The van der Waals surface area contributed by atoms with Crippen molar-refractivity contribution in [3.63, 3.8) is 0 Å². The van der Waals surface area contributed by atoms with Crippen molar-refractivity contribution in [3.05, 3.63) is 46.1 Å². The fourth-order valence-electron chi connectivity index (χ4n) is 3.16. The lowest BCUT2D eigenvalue weighted by atomic mass is 10.1. The van der Waals surface area contributed by atoms with E-state index in [4.69, 9.17) is 33.7 Å². The van der Waals surface area contributed by atoms with Crippen LogP contribution in [-0.4, -0.2) is 47.4 Å². The Morgan fingerprint density at radius 2 is 2.03 bits per heavy atom. The van der Waals surface area contributed by atoms with Gasteiger partial charge < -0.3 is 20.4 Å². The van der Waals surface area contributed by atoms with Crippen LogP contribution in [-0.2, 0) is 18.3 Å². The first-order valence-electron chi connectivity index (χ1n) is 9.10. The molecule has 2 aromatic rings. The fraction of sp³-hybridized carbons (Fsp3) is 0.368. The molecule has 0 fully saturated rings. The molecular weight excluding hydrogens is 415 g/mol. The minimum absolute atomic E-state index is 0.0657. The van der Waals surface area contributed by atoms with Gasteiger partial charge in [0.2, 0.25) is 5.95 Å². The molecule has 1 aliphatic heterocycles. The van der Waals surface area contributed by atoms with Crippen molar-refractivity contribution in [2.24, 2.45) is 12.8 Å². The molecule has 2 amide bonds. The number of aromatic nitrogens is 2. The number of methoxy groups -OCH3 is 1. The lowest BCUT2D eigenvalue weighted by molar-refractivity contribution is 0.178. The molecule has 0 radical (unpaired) electrons. The Balaban J connectivity index is 1.96. The fourth-order valence-corrected chi connectivity index (χ4v) is 3.48. The number of carbonyl (C=O) groups is 1. The average molecular weight is 439 g/mol. The van der Waals surface area contributed by atoms with Crippen LogP contribution in [0.3, 0.4) is 0 Å². The summed E-state index contributed by atoms with van der Waals surface area (Å²) in [6, 6.07) is 5.00. The second-order valence-electron chi connectivity index (χ2n) is 6.65. The average Bonchev–Trinajstić information content (AvgIpc) is 3.02. The van der Waals surface area contributed by atoms with Crippen molar-refractivity contribution in [2.75, 3.05) is 37.1 Å². The predicted molar refractivity (Wildman–Crippen MR) is 116 cm³/mol. The Morgan fingerprint density at radius 1 is 1.28 bits per heavy atom. The van der Waals surface area contributed by atoms with Gasteiger partial charge in [0.25, 0.3) is 0 Å². The van der Waals surface area contributed by atoms with Gasteiger partial charge in [0.05, 0.1) is 22.3 Å². The molecule has 8 nitrogen and oxygen atoms in total. The van der Waals surface area contributed by atoms with Gasteiger partial charge in [-0.15, -0.1) is 0 Å². The number of anilines is 2. The second-order valence-corrected chi connectivity index (χ2v) is 7.46. The summed E-state index contributed by atoms with van der Waals surface area (Å²) < 4.78 is 7.13. The molecule has 3 rings (SSSR count). The SMILES string of the molecule is C=C1c2c(nc(NCCCN)n2C)N(COC)C(=O)N1Cc1ccc(Cl)c(Cl)c1. The van der Waals surface area contributed by atoms with Crippen molar-refractivity contribution in [3.8, 4) is 0 Å². The van der Waals surface area contributed by atoms with Crippen molar-refractivity contribution in [1.29, 1.82) is 0 Å². The van der Waals surface area contributed by atoms with Crippen molar-refractivity contribution < 1.29 is 9.53 Å². The van der Waals surface area contributed by atoms with E-state index in [-0.39, 0.29) is 19.3 Å². The number of nitrogens with one attached hydrogen (secondary N) is 1. The molecule has 1 aromatic carbocycles. The number of rotatable bonds is 8. The molecule has 0 saturated carbocycles. The Hall–Kier alpha value is -2.26. The largest absolute Gasteiger partial charge is 0.364 e. The molecule has 29 heavy (non-hydrogen) atoms. The molecule has 0 unspecified atom stereocenters. The van der Waals surface area contributed by atoms with Crippen LogP contribution >= 0.6 is 23.2 Å². The normalized spacial score (nSPS) is 13.8. The van der Waals surface area contributed by atoms with Gasteiger partial charge in [-0.25, -0.2) is 4.79 Å². The van der Waals surface area contributed by atoms with Crippen LogP contribution in [0.1, 0.15) is 17.7 Å². The Morgan fingerprint density at radius 3 is 2.69 bits per heavy atom. The smallest absolute Gasteiger partial charge is 0.332 e. The second kappa shape index (κ2) is 9.04. The maximum absolute atomic E-state index is 13.2. The standard InChI is InChI=1S/C19H24Cl2N6O2/c1-12-16-17(24-18(25(16)2)23-8-4-7-22)27(11-29-3)19(28)26(12)10-13-5-6-14(20)15(21)9-13/h5-6,9H,1,4,7-8,10-11,22H2,2-3H3,(H,23,24). The number of nitrogens with zero attached hydrogens (tertiary/aromatic N) is 4. The molecule has 0 aliphatic carbocycles. The molecule has 156 valence electrons. The first kappa shape index (κ1) is 21.4. The Labute approximate surface area is 179 Å². The molecule has 0 atom stereocenters. The minimum atomic E-state index is -0.276. The monoisotopic (exact) mass is 438 g/mol. The number of fused-ring (bicyclic) bond motifs is 1. The molecule has 1 aliphatic rings. The van der Waals surface area contributed by atoms with Crippen LogP contribution in [0.15, 0.2) is 24.8 Å². The number of hydrogen-bond acceptors (Lipinski definition) is 5. The van der Waals surface area contributed by atoms with Gasteiger partial charge in [-0.1, -0.05) is 35.8 Å². The summed E-state index contributed by atoms with van der Waals surface area (Å²) in [4.78, 5) is 20.8. The minimum Gasteiger partial charge on any atom is -0.364 e. The van der Waals surface area contributed by atoms with E-state index >= 15 is 0 Å². The van der Waals surface area contributed by atoms with Crippen LogP contribution in [0, 0.1) is 0 Å². The van der Waals surface area contributed by atoms with E-state index in [2.05, 4.69) is 16.9 Å². The predicted octanol–water partition coefficient (Wildman–Crippen LogP) is 3.50. The molecule has 0 bridgehead atoms. The molecule has 3 N–H and O–H groups in total. The molecule has 10 heteroatoms. The van der Waals surface area contributed by atoms with E-state index < -0.39 is 0 Å². The van der Waals surface area contributed by atoms with Gasteiger partial charge in [0.15, 0.2) is 5.82 Å². The highest BCUT2D eigenvalue weighted by molar-refractivity contribution is 6.42. The van der Waals surface area contributed by atoms with Gasteiger partial charge >= 0.3 is 6.03 Å². The number of hydrogen-bond donors (Lipinski definition) is 2. The van der Waals surface area contributed by atoms with Crippen LogP contribution in [0.2, 0.25) is 10.0 Å². The third-order valence-corrected chi connectivity index (χ3v) is 5.38. The molecule has 0 spiro atoms.